The molecule has 0 atom stereocenters. The Bertz CT molecular complexity index is 632. The van der Waals surface area contributed by atoms with E-state index in [4.69, 9.17) is 9.26 Å². The molecule has 0 aliphatic heterocycles. The first kappa shape index (κ1) is 13.9. The van der Waals surface area contributed by atoms with Crippen LogP contribution in [0.3, 0.4) is 0 Å². The second kappa shape index (κ2) is 5.37. The Labute approximate surface area is 122 Å². The molecule has 112 valence electrons. The van der Waals surface area contributed by atoms with Gasteiger partial charge >= 0.3 is 0 Å². The zero-order valence-electron chi connectivity index (χ0n) is 11.9. The van der Waals surface area contributed by atoms with Crippen LogP contribution in [0.2, 0.25) is 0 Å². The standard InChI is InChI=1S/C15H18N2O4/c1-20-15(8-3-2-4-9-15)14-16-13(21-17-14)10-6-5-7-11(18)12(10)19/h5-7,18-19H,2-4,8-9H2,1H3. The molecular formula is C15H18N2O4. The van der Waals surface area contributed by atoms with E-state index in [9.17, 15) is 10.2 Å². The van der Waals surface area contributed by atoms with Gasteiger partial charge in [-0.05, 0) is 25.0 Å². The summed E-state index contributed by atoms with van der Waals surface area (Å²) in [7, 11) is 1.66. The number of nitrogens with zero attached hydrogens (tertiary/aromatic N) is 2. The van der Waals surface area contributed by atoms with Gasteiger partial charge in [-0.2, -0.15) is 4.98 Å². The third-order valence-electron chi connectivity index (χ3n) is 4.13. The van der Waals surface area contributed by atoms with Crippen molar-refractivity contribution in [3.8, 4) is 23.0 Å². The quantitative estimate of drug-likeness (QED) is 0.845. The highest BCUT2D eigenvalue weighted by atomic mass is 16.5. The molecule has 1 saturated carbocycles. The summed E-state index contributed by atoms with van der Waals surface area (Å²) in [5.41, 5.74) is -0.192. The van der Waals surface area contributed by atoms with Crippen LogP contribution in [0, 0.1) is 0 Å². The number of hydrogen-bond donors (Lipinski definition) is 2. The van der Waals surface area contributed by atoms with Gasteiger partial charge in [0, 0.05) is 7.11 Å². The topological polar surface area (TPSA) is 88.6 Å². The maximum absolute atomic E-state index is 9.88. The van der Waals surface area contributed by atoms with Crippen LogP contribution in [0.25, 0.3) is 11.5 Å². The number of aromatic hydroxyl groups is 2. The number of benzene rings is 1. The molecule has 1 fully saturated rings. The van der Waals surface area contributed by atoms with Gasteiger partial charge in [0.25, 0.3) is 5.89 Å². The highest BCUT2D eigenvalue weighted by Gasteiger charge is 2.38. The van der Waals surface area contributed by atoms with E-state index in [1.54, 1.807) is 19.2 Å². The second-order valence-corrected chi connectivity index (χ2v) is 5.36. The molecule has 1 aliphatic carbocycles. The predicted molar refractivity (Wildman–Crippen MR) is 74.8 cm³/mol. The van der Waals surface area contributed by atoms with E-state index in [0.29, 0.717) is 11.4 Å². The first-order valence-electron chi connectivity index (χ1n) is 7.07. The number of hydrogen-bond acceptors (Lipinski definition) is 6. The normalized spacial score (nSPS) is 17.8. The number of rotatable bonds is 3. The molecule has 1 aromatic heterocycles. The van der Waals surface area contributed by atoms with Crippen LogP contribution in [0.5, 0.6) is 11.5 Å². The van der Waals surface area contributed by atoms with Crippen LogP contribution in [-0.2, 0) is 10.3 Å². The van der Waals surface area contributed by atoms with Crippen molar-refractivity contribution in [2.75, 3.05) is 7.11 Å². The summed E-state index contributed by atoms with van der Waals surface area (Å²) in [4.78, 5) is 4.38. The molecule has 6 nitrogen and oxygen atoms in total. The van der Waals surface area contributed by atoms with Crippen molar-refractivity contribution in [2.24, 2.45) is 0 Å². The summed E-state index contributed by atoms with van der Waals surface area (Å²) in [6.45, 7) is 0. The van der Waals surface area contributed by atoms with Crippen molar-refractivity contribution in [3.05, 3.63) is 24.0 Å². The molecule has 1 aliphatic rings. The molecule has 3 rings (SSSR count). The summed E-state index contributed by atoms with van der Waals surface area (Å²) >= 11 is 0. The Kier molecular flexibility index (Phi) is 3.55. The number of phenolic OH excluding ortho intramolecular Hbond substituents is 2. The lowest BCUT2D eigenvalue weighted by Crippen LogP contribution is -2.32. The molecule has 0 spiro atoms. The number of phenols is 2. The third-order valence-corrected chi connectivity index (χ3v) is 4.13. The Balaban J connectivity index is 1.98. The van der Waals surface area contributed by atoms with Gasteiger partial charge in [-0.15, -0.1) is 0 Å². The fraction of sp³-hybridized carbons (Fsp3) is 0.467. The van der Waals surface area contributed by atoms with Crippen molar-refractivity contribution in [2.45, 2.75) is 37.7 Å². The molecule has 0 unspecified atom stereocenters. The van der Waals surface area contributed by atoms with Crippen LogP contribution in [0.15, 0.2) is 22.7 Å². The largest absolute Gasteiger partial charge is 0.504 e. The highest BCUT2D eigenvalue weighted by molar-refractivity contribution is 5.66. The molecule has 0 bridgehead atoms. The van der Waals surface area contributed by atoms with Gasteiger partial charge in [0.1, 0.15) is 5.60 Å². The highest BCUT2D eigenvalue weighted by Crippen LogP contribution is 2.40. The van der Waals surface area contributed by atoms with Crippen molar-refractivity contribution in [1.29, 1.82) is 0 Å². The summed E-state index contributed by atoms with van der Waals surface area (Å²) in [5, 5.41) is 23.5. The van der Waals surface area contributed by atoms with E-state index in [2.05, 4.69) is 10.1 Å². The van der Waals surface area contributed by atoms with Crippen LogP contribution >= 0.6 is 0 Å². The second-order valence-electron chi connectivity index (χ2n) is 5.36. The summed E-state index contributed by atoms with van der Waals surface area (Å²) in [6.07, 6.45) is 5.02. The van der Waals surface area contributed by atoms with Crippen molar-refractivity contribution in [3.63, 3.8) is 0 Å². The zero-order chi connectivity index (χ0) is 14.9. The first-order chi connectivity index (χ1) is 10.2. The van der Waals surface area contributed by atoms with Gasteiger partial charge in [-0.25, -0.2) is 0 Å². The van der Waals surface area contributed by atoms with Crippen LogP contribution in [0.1, 0.15) is 37.9 Å². The van der Waals surface area contributed by atoms with Gasteiger partial charge in [-0.1, -0.05) is 30.5 Å². The Morgan fingerprint density at radius 3 is 2.67 bits per heavy atom. The number of aromatic nitrogens is 2. The SMILES string of the molecule is COC1(c2noc(-c3cccc(O)c3O)n2)CCCCC1. The molecule has 21 heavy (non-hydrogen) atoms. The van der Waals surface area contributed by atoms with Crippen LogP contribution < -0.4 is 0 Å². The van der Waals surface area contributed by atoms with E-state index in [1.807, 2.05) is 0 Å². The van der Waals surface area contributed by atoms with Crippen LogP contribution in [0.4, 0.5) is 0 Å². The average Bonchev–Trinajstić information content (AvgIpc) is 3.01. The van der Waals surface area contributed by atoms with Crippen LogP contribution in [-0.4, -0.2) is 27.5 Å². The predicted octanol–water partition coefficient (Wildman–Crippen LogP) is 2.95. The maximum Gasteiger partial charge on any atom is 0.261 e. The van der Waals surface area contributed by atoms with E-state index in [1.165, 1.54) is 12.5 Å². The fourth-order valence-corrected chi connectivity index (χ4v) is 2.86. The molecule has 0 saturated heterocycles. The minimum absolute atomic E-state index is 0.181. The van der Waals surface area contributed by atoms with Gasteiger partial charge in [-0.3, -0.25) is 0 Å². The number of ether oxygens (including phenoxy) is 1. The molecule has 0 amide bonds. The smallest absolute Gasteiger partial charge is 0.261 e. The van der Waals surface area contributed by atoms with Crippen molar-refractivity contribution < 1.29 is 19.5 Å². The third kappa shape index (κ3) is 2.35. The minimum atomic E-state index is -0.507. The molecular weight excluding hydrogens is 272 g/mol. The van der Waals surface area contributed by atoms with Gasteiger partial charge in [0.05, 0.1) is 5.56 Å². The first-order valence-corrected chi connectivity index (χ1v) is 7.07. The molecule has 1 heterocycles. The molecule has 1 aromatic carbocycles. The lowest BCUT2D eigenvalue weighted by Gasteiger charge is -2.32. The van der Waals surface area contributed by atoms with Gasteiger partial charge in [0.2, 0.25) is 5.82 Å². The fourth-order valence-electron chi connectivity index (χ4n) is 2.86. The van der Waals surface area contributed by atoms with Gasteiger partial charge in [0.15, 0.2) is 11.5 Å². The summed E-state index contributed by atoms with van der Waals surface area (Å²) in [5.74, 6) is 0.206. The molecule has 2 N–H and O–H groups in total. The Hall–Kier alpha value is -2.08. The van der Waals surface area contributed by atoms with E-state index >= 15 is 0 Å². The number of para-hydroxylation sites is 1. The Morgan fingerprint density at radius 1 is 1.19 bits per heavy atom. The van der Waals surface area contributed by atoms with Crippen molar-refractivity contribution >= 4 is 0 Å². The van der Waals surface area contributed by atoms with Gasteiger partial charge < -0.3 is 19.5 Å². The number of methoxy groups -OCH3 is 1. The van der Waals surface area contributed by atoms with E-state index in [0.717, 1.165) is 25.7 Å². The average molecular weight is 290 g/mol. The summed E-state index contributed by atoms with van der Waals surface area (Å²) in [6, 6.07) is 4.63. The van der Waals surface area contributed by atoms with E-state index in [-0.39, 0.29) is 17.4 Å². The zero-order valence-corrected chi connectivity index (χ0v) is 11.9. The lowest BCUT2D eigenvalue weighted by molar-refractivity contribution is -0.0527. The molecule has 0 radical (unpaired) electrons. The molecule has 2 aromatic rings. The lowest BCUT2D eigenvalue weighted by atomic mass is 9.84. The summed E-state index contributed by atoms with van der Waals surface area (Å²) < 4.78 is 10.9. The van der Waals surface area contributed by atoms with Crippen molar-refractivity contribution in [1.82, 2.24) is 10.1 Å². The van der Waals surface area contributed by atoms with E-state index < -0.39 is 5.60 Å². The maximum atomic E-state index is 9.88. The molecule has 6 heteroatoms. The Morgan fingerprint density at radius 2 is 1.95 bits per heavy atom. The monoisotopic (exact) mass is 290 g/mol. The minimum Gasteiger partial charge on any atom is -0.504 e.